The molecule has 1 aromatic carbocycles. The molecule has 0 spiro atoms. The molecule has 1 heterocycles. The molecular weight excluding hydrogens is 405 g/mol. The van der Waals surface area contributed by atoms with Crippen LogP contribution in [0, 0.1) is 5.92 Å². The third kappa shape index (κ3) is 5.36. The highest BCUT2D eigenvalue weighted by atomic mass is 35.5. The Hall–Kier alpha value is -1.32. The zero-order chi connectivity index (χ0) is 20.4. The van der Waals surface area contributed by atoms with Crippen LogP contribution in [0.4, 0.5) is 13.2 Å². The predicted octanol–water partition coefficient (Wildman–Crippen LogP) is 3.63. The highest BCUT2D eigenvalue weighted by molar-refractivity contribution is 7.89. The molecule has 27 heavy (non-hydrogen) atoms. The molecule has 1 aromatic rings. The van der Waals surface area contributed by atoms with Crippen molar-refractivity contribution in [2.24, 2.45) is 5.92 Å². The average Bonchev–Trinajstić information content (AvgIpc) is 2.59. The predicted molar refractivity (Wildman–Crippen MR) is 95.9 cm³/mol. The molecule has 0 saturated carbocycles. The summed E-state index contributed by atoms with van der Waals surface area (Å²) in [5.41, 5.74) is -1.19. The zero-order valence-electron chi connectivity index (χ0n) is 15.1. The monoisotopic (exact) mass is 426 g/mol. The Kier molecular flexibility index (Phi) is 6.81. The summed E-state index contributed by atoms with van der Waals surface area (Å²) in [5, 5.41) is -0.554. The smallest absolute Gasteiger partial charge is 0.340 e. The molecule has 1 aliphatic rings. The topological polar surface area (TPSA) is 57.7 Å². The molecule has 0 bridgehead atoms. The molecule has 152 valence electrons. The van der Waals surface area contributed by atoms with Crippen molar-refractivity contribution in [3.63, 3.8) is 0 Å². The highest BCUT2D eigenvalue weighted by Crippen LogP contribution is 2.36. The molecule has 0 aromatic heterocycles. The van der Waals surface area contributed by atoms with Gasteiger partial charge < -0.3 is 4.90 Å². The van der Waals surface area contributed by atoms with Gasteiger partial charge >= 0.3 is 6.18 Å². The van der Waals surface area contributed by atoms with Crippen molar-refractivity contribution in [3.8, 4) is 0 Å². The van der Waals surface area contributed by atoms with Crippen LogP contribution in [0.15, 0.2) is 23.1 Å². The van der Waals surface area contributed by atoms with E-state index in [9.17, 15) is 26.4 Å². The number of carbonyl (C=O) groups is 1. The summed E-state index contributed by atoms with van der Waals surface area (Å²) < 4.78 is 65.4. The Balaban J connectivity index is 2.10. The third-order valence-electron chi connectivity index (χ3n) is 4.41. The molecule has 1 fully saturated rings. The fourth-order valence-corrected chi connectivity index (χ4v) is 4.45. The number of hydrogen-bond donors (Lipinski definition) is 0. The number of alkyl halides is 3. The SMILES string of the molecule is CC(C)CCC(=O)N1CCN(S(=O)(=O)c2ccc(Cl)c(C(F)(F)F)c2)CC1. The largest absolute Gasteiger partial charge is 0.417 e. The van der Waals surface area contributed by atoms with Crippen LogP contribution in [-0.2, 0) is 21.0 Å². The molecule has 5 nitrogen and oxygen atoms in total. The van der Waals surface area contributed by atoms with Crippen LogP contribution in [0.2, 0.25) is 5.02 Å². The molecule has 1 saturated heterocycles. The van der Waals surface area contributed by atoms with E-state index in [4.69, 9.17) is 11.6 Å². The van der Waals surface area contributed by atoms with E-state index < -0.39 is 31.7 Å². The number of nitrogens with zero attached hydrogens (tertiary/aromatic N) is 2. The van der Waals surface area contributed by atoms with Gasteiger partial charge in [-0.25, -0.2) is 8.42 Å². The van der Waals surface area contributed by atoms with E-state index in [2.05, 4.69) is 0 Å². The van der Waals surface area contributed by atoms with Gasteiger partial charge in [-0.15, -0.1) is 0 Å². The summed E-state index contributed by atoms with van der Waals surface area (Å²) in [6.45, 7) is 4.55. The van der Waals surface area contributed by atoms with Crippen molar-refractivity contribution < 1.29 is 26.4 Å². The minimum absolute atomic E-state index is 0.0356. The van der Waals surface area contributed by atoms with Crippen molar-refractivity contribution in [1.29, 1.82) is 0 Å². The Morgan fingerprint density at radius 3 is 2.30 bits per heavy atom. The van der Waals surface area contributed by atoms with E-state index in [1.807, 2.05) is 13.8 Å². The number of benzene rings is 1. The standard InChI is InChI=1S/C17H22ClF3N2O3S/c1-12(2)3-6-16(24)22-7-9-23(10-8-22)27(25,26)13-4-5-15(18)14(11-13)17(19,20)21/h4-5,11-12H,3,6-10H2,1-2H3. The fourth-order valence-electron chi connectivity index (χ4n) is 2.78. The lowest BCUT2D eigenvalue weighted by Gasteiger charge is -2.34. The number of rotatable bonds is 5. The van der Waals surface area contributed by atoms with Crippen LogP contribution in [0.3, 0.4) is 0 Å². The van der Waals surface area contributed by atoms with Crippen molar-refractivity contribution >= 4 is 27.5 Å². The maximum atomic E-state index is 13.0. The lowest BCUT2D eigenvalue weighted by atomic mass is 10.1. The minimum atomic E-state index is -4.75. The maximum Gasteiger partial charge on any atom is 0.417 e. The van der Waals surface area contributed by atoms with Gasteiger partial charge in [-0.2, -0.15) is 17.5 Å². The van der Waals surface area contributed by atoms with Gasteiger partial charge in [-0.3, -0.25) is 4.79 Å². The van der Waals surface area contributed by atoms with Gasteiger partial charge in [0.15, 0.2) is 0 Å². The first-order valence-electron chi connectivity index (χ1n) is 8.57. The maximum absolute atomic E-state index is 13.0. The number of halogens is 4. The summed E-state index contributed by atoms with van der Waals surface area (Å²) in [4.78, 5) is 13.3. The second kappa shape index (κ2) is 8.36. The molecule has 2 rings (SSSR count). The van der Waals surface area contributed by atoms with Crippen molar-refractivity contribution in [2.45, 2.75) is 37.8 Å². The van der Waals surface area contributed by atoms with Gasteiger partial charge in [0.05, 0.1) is 15.5 Å². The average molecular weight is 427 g/mol. The third-order valence-corrected chi connectivity index (χ3v) is 6.63. The Morgan fingerprint density at radius 1 is 1.19 bits per heavy atom. The second-order valence-electron chi connectivity index (χ2n) is 6.86. The molecule has 1 amide bonds. The van der Waals surface area contributed by atoms with Gasteiger partial charge in [0.25, 0.3) is 0 Å². The van der Waals surface area contributed by atoms with Gasteiger partial charge in [0.1, 0.15) is 0 Å². The zero-order valence-corrected chi connectivity index (χ0v) is 16.7. The van der Waals surface area contributed by atoms with E-state index in [1.54, 1.807) is 4.90 Å². The number of hydrogen-bond acceptors (Lipinski definition) is 3. The first kappa shape index (κ1) is 22.0. The van der Waals surface area contributed by atoms with Crippen molar-refractivity contribution in [3.05, 3.63) is 28.8 Å². The molecular formula is C17H22ClF3N2O3S. The first-order chi connectivity index (χ1) is 12.4. The Morgan fingerprint density at radius 2 is 1.78 bits per heavy atom. The first-order valence-corrected chi connectivity index (χ1v) is 10.4. The van der Waals surface area contributed by atoms with Crippen LogP contribution in [-0.4, -0.2) is 49.7 Å². The molecule has 0 unspecified atom stereocenters. The molecule has 1 aliphatic heterocycles. The number of carbonyl (C=O) groups excluding carboxylic acids is 1. The fraction of sp³-hybridized carbons (Fsp3) is 0.588. The van der Waals surface area contributed by atoms with Gasteiger partial charge in [-0.05, 0) is 30.5 Å². The number of amides is 1. The normalized spacial score (nSPS) is 16.8. The van der Waals surface area contributed by atoms with E-state index in [0.717, 1.165) is 22.9 Å². The van der Waals surface area contributed by atoms with Crippen molar-refractivity contribution in [1.82, 2.24) is 9.21 Å². The van der Waals surface area contributed by atoms with E-state index in [1.165, 1.54) is 0 Å². The van der Waals surface area contributed by atoms with Gasteiger partial charge in [0, 0.05) is 32.6 Å². The second-order valence-corrected chi connectivity index (χ2v) is 9.20. The summed E-state index contributed by atoms with van der Waals surface area (Å²) in [7, 11) is -4.10. The Labute approximate surface area is 162 Å². The lowest BCUT2D eigenvalue weighted by Crippen LogP contribution is -2.50. The quantitative estimate of drug-likeness (QED) is 0.722. The van der Waals surface area contributed by atoms with Crippen LogP contribution in [0.25, 0.3) is 0 Å². The van der Waals surface area contributed by atoms with Crippen LogP contribution in [0.5, 0.6) is 0 Å². The van der Waals surface area contributed by atoms with Gasteiger partial charge in [0.2, 0.25) is 15.9 Å². The van der Waals surface area contributed by atoms with E-state index in [-0.39, 0.29) is 32.1 Å². The molecule has 10 heteroatoms. The molecule has 0 radical (unpaired) electrons. The summed E-state index contributed by atoms with van der Waals surface area (Å²) in [6.07, 6.45) is -3.59. The minimum Gasteiger partial charge on any atom is -0.340 e. The molecule has 0 atom stereocenters. The number of sulfonamides is 1. The van der Waals surface area contributed by atoms with E-state index >= 15 is 0 Å². The Bertz CT molecular complexity index is 789. The van der Waals surface area contributed by atoms with E-state index in [0.29, 0.717) is 18.4 Å². The van der Waals surface area contributed by atoms with Crippen LogP contribution >= 0.6 is 11.6 Å². The van der Waals surface area contributed by atoms with Crippen LogP contribution < -0.4 is 0 Å². The summed E-state index contributed by atoms with van der Waals surface area (Å²) in [5.74, 6) is 0.356. The summed E-state index contributed by atoms with van der Waals surface area (Å²) >= 11 is 5.55. The summed E-state index contributed by atoms with van der Waals surface area (Å²) in [6, 6.07) is 2.55. The van der Waals surface area contributed by atoms with Crippen molar-refractivity contribution in [2.75, 3.05) is 26.2 Å². The molecule has 0 aliphatic carbocycles. The lowest BCUT2D eigenvalue weighted by molar-refractivity contribution is -0.137. The molecule has 0 N–H and O–H groups in total. The van der Waals surface area contributed by atoms with Crippen LogP contribution in [0.1, 0.15) is 32.3 Å². The van der Waals surface area contributed by atoms with Gasteiger partial charge in [-0.1, -0.05) is 25.4 Å². The number of piperazine rings is 1. The highest BCUT2D eigenvalue weighted by Gasteiger charge is 2.36.